The Kier molecular flexibility index (Phi) is 9.16. The first-order chi connectivity index (χ1) is 13.2. The molecule has 5 N–H and O–H groups in total. The Hall–Kier alpha value is -3.41. The molecule has 0 aromatic heterocycles. The fraction of sp³-hybridized carbons (Fsp3) is 0.250. The van der Waals surface area contributed by atoms with Crippen molar-refractivity contribution in [2.75, 3.05) is 25.4 Å². The number of benzene rings is 1. The quantitative estimate of drug-likeness (QED) is 0.312. The van der Waals surface area contributed by atoms with Crippen molar-refractivity contribution in [1.29, 1.82) is 0 Å². The summed E-state index contributed by atoms with van der Waals surface area (Å²) in [6, 6.07) is 5.35. The molecule has 0 heterocycles. The highest BCUT2D eigenvalue weighted by Crippen LogP contribution is 2.14. The topological polar surface area (TPSA) is 179 Å². The van der Waals surface area contributed by atoms with Crippen LogP contribution < -0.4 is 16.0 Å². The van der Waals surface area contributed by atoms with E-state index in [1.165, 1.54) is 24.3 Å². The first-order valence-electron chi connectivity index (χ1n) is 7.71. The minimum absolute atomic E-state index is 0.0556. The van der Waals surface area contributed by atoms with Crippen LogP contribution in [0.25, 0.3) is 0 Å². The van der Waals surface area contributed by atoms with Crippen molar-refractivity contribution in [2.45, 2.75) is 0 Å². The molecule has 0 spiro atoms. The SMILES string of the molecule is O=C(O)CNC(=O)CNC(=O)CNC(=O)CSC(=O)c1cccc(C(=O)O)c1. The molecule has 11 nitrogen and oxygen atoms in total. The van der Waals surface area contributed by atoms with Gasteiger partial charge in [0.2, 0.25) is 22.8 Å². The van der Waals surface area contributed by atoms with E-state index in [1.807, 2.05) is 5.32 Å². The van der Waals surface area contributed by atoms with Gasteiger partial charge in [-0.05, 0) is 12.1 Å². The van der Waals surface area contributed by atoms with Crippen molar-refractivity contribution in [2.24, 2.45) is 0 Å². The van der Waals surface area contributed by atoms with Crippen LogP contribution in [-0.2, 0) is 19.2 Å². The number of thioether (sulfide) groups is 1. The molecule has 1 rings (SSSR count). The lowest BCUT2D eigenvalue weighted by molar-refractivity contribution is -0.137. The highest BCUT2D eigenvalue weighted by molar-refractivity contribution is 8.14. The van der Waals surface area contributed by atoms with E-state index in [4.69, 9.17) is 10.2 Å². The Balaban J connectivity index is 2.31. The molecule has 0 aliphatic carbocycles. The Bertz CT molecular complexity index is 796. The second-order valence-electron chi connectivity index (χ2n) is 5.19. The Morgan fingerprint density at radius 2 is 1.32 bits per heavy atom. The Morgan fingerprint density at radius 3 is 1.89 bits per heavy atom. The summed E-state index contributed by atoms with van der Waals surface area (Å²) in [6.07, 6.45) is 0. The monoisotopic (exact) mass is 411 g/mol. The van der Waals surface area contributed by atoms with Gasteiger partial charge in [0.1, 0.15) is 6.54 Å². The molecule has 0 aliphatic rings. The molecule has 0 unspecified atom stereocenters. The van der Waals surface area contributed by atoms with E-state index in [0.717, 1.165) is 0 Å². The van der Waals surface area contributed by atoms with Gasteiger partial charge in [-0.1, -0.05) is 23.9 Å². The van der Waals surface area contributed by atoms with Gasteiger partial charge >= 0.3 is 11.9 Å². The average molecular weight is 411 g/mol. The van der Waals surface area contributed by atoms with Gasteiger partial charge in [-0.2, -0.15) is 0 Å². The number of hydrogen-bond donors (Lipinski definition) is 5. The number of rotatable bonds is 10. The third-order valence-corrected chi connectivity index (χ3v) is 3.91. The highest BCUT2D eigenvalue weighted by Gasteiger charge is 2.13. The summed E-state index contributed by atoms with van der Waals surface area (Å²) in [7, 11) is 0. The standard InChI is InChI=1S/C16H17N3O8S/c20-11(17-5-12(21)19-7-14(23)24)6-18-13(22)8-28-16(27)10-3-1-2-9(4-10)15(25)26/h1-4H,5-8H2,(H,17,20)(H,18,22)(H,19,21)(H,23,24)(H,25,26). The molecule has 0 radical (unpaired) electrons. The molecule has 0 bridgehead atoms. The van der Waals surface area contributed by atoms with E-state index in [-0.39, 0.29) is 16.9 Å². The summed E-state index contributed by atoms with van der Waals surface area (Å²) in [4.78, 5) is 67.5. The second-order valence-corrected chi connectivity index (χ2v) is 6.13. The van der Waals surface area contributed by atoms with Crippen LogP contribution in [0.5, 0.6) is 0 Å². The number of nitrogens with one attached hydrogen (secondary N) is 3. The summed E-state index contributed by atoms with van der Waals surface area (Å²) in [5.41, 5.74) is 0.0720. The van der Waals surface area contributed by atoms with Crippen LogP contribution in [0.1, 0.15) is 20.7 Å². The highest BCUT2D eigenvalue weighted by atomic mass is 32.2. The van der Waals surface area contributed by atoms with E-state index in [0.29, 0.717) is 11.8 Å². The van der Waals surface area contributed by atoms with Gasteiger partial charge in [0.15, 0.2) is 0 Å². The minimum atomic E-state index is -1.23. The van der Waals surface area contributed by atoms with Crippen molar-refractivity contribution >= 4 is 46.5 Å². The third kappa shape index (κ3) is 8.80. The summed E-state index contributed by atoms with van der Waals surface area (Å²) in [6.45, 7) is -1.46. The lowest BCUT2D eigenvalue weighted by atomic mass is 10.1. The number of carboxylic acids is 2. The molecule has 0 saturated carbocycles. The minimum Gasteiger partial charge on any atom is -0.480 e. The number of amides is 3. The van der Waals surface area contributed by atoms with Gasteiger partial charge in [-0.15, -0.1) is 0 Å². The van der Waals surface area contributed by atoms with Gasteiger partial charge in [-0.3, -0.25) is 24.0 Å². The van der Waals surface area contributed by atoms with Crippen LogP contribution in [0, 0.1) is 0 Å². The maximum atomic E-state index is 12.0. The summed E-state index contributed by atoms with van der Waals surface area (Å²) >= 11 is 0.642. The largest absolute Gasteiger partial charge is 0.480 e. The first-order valence-corrected chi connectivity index (χ1v) is 8.70. The molecule has 1 aromatic rings. The fourth-order valence-electron chi connectivity index (χ4n) is 1.70. The van der Waals surface area contributed by atoms with Crippen molar-refractivity contribution < 1.29 is 39.0 Å². The van der Waals surface area contributed by atoms with Crippen molar-refractivity contribution in [3.05, 3.63) is 35.4 Å². The lowest BCUT2D eigenvalue weighted by Gasteiger charge is -2.07. The van der Waals surface area contributed by atoms with Crippen LogP contribution in [0.2, 0.25) is 0 Å². The molecular weight excluding hydrogens is 394 g/mol. The molecule has 0 saturated heterocycles. The maximum Gasteiger partial charge on any atom is 0.335 e. The molecule has 0 fully saturated rings. The van der Waals surface area contributed by atoms with Gasteiger partial charge in [-0.25, -0.2) is 4.79 Å². The summed E-state index contributed by atoms with van der Waals surface area (Å²) in [5, 5.41) is 23.2. The number of carboxylic acid groups (broad SMARTS) is 2. The third-order valence-electron chi connectivity index (χ3n) is 3.01. The van der Waals surface area contributed by atoms with E-state index in [1.54, 1.807) is 0 Å². The number of hydrogen-bond acceptors (Lipinski definition) is 7. The van der Waals surface area contributed by atoms with Crippen molar-refractivity contribution in [1.82, 2.24) is 16.0 Å². The second kappa shape index (κ2) is 11.3. The molecule has 150 valence electrons. The van der Waals surface area contributed by atoms with Crippen LogP contribution in [0.3, 0.4) is 0 Å². The van der Waals surface area contributed by atoms with E-state index in [9.17, 15) is 28.8 Å². The van der Waals surface area contributed by atoms with Crippen LogP contribution in [0.4, 0.5) is 0 Å². The fourth-order valence-corrected chi connectivity index (χ4v) is 2.36. The number of carbonyl (C=O) groups is 6. The molecule has 12 heteroatoms. The molecular formula is C16H17N3O8S. The predicted molar refractivity (Wildman–Crippen MR) is 96.9 cm³/mol. The number of carbonyl (C=O) groups excluding carboxylic acids is 4. The van der Waals surface area contributed by atoms with E-state index >= 15 is 0 Å². The zero-order chi connectivity index (χ0) is 21.1. The van der Waals surface area contributed by atoms with Crippen LogP contribution in [-0.4, -0.2) is 70.4 Å². The molecule has 1 aromatic carbocycles. The molecule has 28 heavy (non-hydrogen) atoms. The lowest BCUT2D eigenvalue weighted by Crippen LogP contribution is -2.43. The molecule has 0 aliphatic heterocycles. The van der Waals surface area contributed by atoms with Crippen molar-refractivity contribution in [3.8, 4) is 0 Å². The zero-order valence-electron chi connectivity index (χ0n) is 14.4. The Morgan fingerprint density at radius 1 is 0.786 bits per heavy atom. The van der Waals surface area contributed by atoms with E-state index < -0.39 is 54.4 Å². The van der Waals surface area contributed by atoms with Crippen LogP contribution in [0.15, 0.2) is 24.3 Å². The maximum absolute atomic E-state index is 12.0. The number of aromatic carboxylic acids is 1. The van der Waals surface area contributed by atoms with Gasteiger partial charge in [0.25, 0.3) is 0 Å². The Labute approximate surface area is 162 Å². The van der Waals surface area contributed by atoms with Crippen LogP contribution >= 0.6 is 11.8 Å². The summed E-state index contributed by atoms with van der Waals surface area (Å²) in [5.74, 6) is -4.69. The average Bonchev–Trinajstić information content (AvgIpc) is 2.67. The van der Waals surface area contributed by atoms with E-state index in [2.05, 4.69) is 10.6 Å². The smallest absolute Gasteiger partial charge is 0.335 e. The number of aliphatic carboxylic acids is 1. The van der Waals surface area contributed by atoms with Crippen molar-refractivity contribution in [3.63, 3.8) is 0 Å². The molecule has 3 amide bonds. The van der Waals surface area contributed by atoms with Gasteiger partial charge in [0.05, 0.1) is 24.4 Å². The first kappa shape index (κ1) is 22.6. The molecule has 0 atom stereocenters. The summed E-state index contributed by atoms with van der Waals surface area (Å²) < 4.78 is 0. The predicted octanol–water partition coefficient (Wildman–Crippen LogP) is -1.31. The zero-order valence-corrected chi connectivity index (χ0v) is 15.2. The van der Waals surface area contributed by atoms with Gasteiger partial charge in [0, 0.05) is 5.56 Å². The normalized spacial score (nSPS) is 9.86. The van der Waals surface area contributed by atoms with Gasteiger partial charge < -0.3 is 26.2 Å².